The van der Waals surface area contributed by atoms with Gasteiger partial charge in [-0.2, -0.15) is 0 Å². The summed E-state index contributed by atoms with van der Waals surface area (Å²) in [6.45, 7) is 0.344. The van der Waals surface area contributed by atoms with Gasteiger partial charge >= 0.3 is 37.4 Å². The smallest absolute Gasteiger partial charge is 0.746 e. The molecule has 0 saturated heterocycles. The van der Waals surface area contributed by atoms with E-state index in [0.717, 1.165) is 22.4 Å². The van der Waals surface area contributed by atoms with Crippen molar-refractivity contribution in [3.8, 4) is 17.2 Å². The summed E-state index contributed by atoms with van der Waals surface area (Å²) < 4.78 is 26.0. The summed E-state index contributed by atoms with van der Waals surface area (Å²) in [5.74, 6) is 1.28. The first-order chi connectivity index (χ1) is 10.9. The Hall–Kier alpha value is -1.27. The number of fused-ring (bicyclic) bond motifs is 1. The van der Waals surface area contributed by atoms with E-state index in [-0.39, 0.29) is 35.3 Å². The zero-order valence-corrected chi connectivity index (χ0v) is 16.2. The monoisotopic (exact) mass is 356 g/mol. The summed E-state index contributed by atoms with van der Waals surface area (Å²) >= 11 is 0. The van der Waals surface area contributed by atoms with Crippen molar-refractivity contribution in [2.75, 3.05) is 13.7 Å². The van der Waals surface area contributed by atoms with E-state index < -0.39 is 7.82 Å². The van der Waals surface area contributed by atoms with Gasteiger partial charge in [0.15, 0.2) is 0 Å². The number of hydrogen-bond donors (Lipinski definition) is 1. The third-order valence-corrected chi connectivity index (χ3v) is 3.82. The van der Waals surface area contributed by atoms with Crippen molar-refractivity contribution in [3.63, 3.8) is 0 Å². The van der Waals surface area contributed by atoms with Crippen molar-refractivity contribution >= 4 is 19.5 Å². The minimum Gasteiger partial charge on any atom is -0.746 e. The average molecular weight is 356 g/mol. The summed E-state index contributed by atoms with van der Waals surface area (Å²) in [4.78, 5) is 19.5. The Balaban J connectivity index is 0.00000208. The van der Waals surface area contributed by atoms with Crippen LogP contribution < -0.4 is 48.4 Å². The molecule has 0 amide bonds. The third kappa shape index (κ3) is 4.63. The second kappa shape index (κ2) is 7.74. The molecule has 0 aromatic heterocycles. The Bertz CT molecular complexity index is 797. The van der Waals surface area contributed by atoms with Crippen LogP contribution in [0.4, 0.5) is 0 Å². The number of rotatable bonds is 4. The number of phosphoric ester groups is 1. The average Bonchev–Trinajstić information content (AvgIpc) is 2.53. The van der Waals surface area contributed by atoms with Crippen LogP contribution in [0.1, 0.15) is 11.1 Å². The predicted octanol–water partition coefficient (Wildman–Crippen LogP) is -0.528. The first-order valence-electron chi connectivity index (χ1n) is 6.80. The first kappa shape index (κ1) is 19.1. The maximum atomic E-state index is 10.8. The van der Waals surface area contributed by atoms with Gasteiger partial charge in [-0.3, -0.25) is 4.57 Å². The Morgan fingerprint density at radius 1 is 1.17 bits per heavy atom. The Morgan fingerprint density at radius 3 is 2.46 bits per heavy atom. The summed E-state index contributed by atoms with van der Waals surface area (Å²) in [5, 5.41) is 0. The van der Waals surface area contributed by atoms with E-state index in [9.17, 15) is 9.46 Å². The van der Waals surface area contributed by atoms with Crippen LogP contribution in [0.2, 0.25) is 0 Å². The van der Waals surface area contributed by atoms with Crippen molar-refractivity contribution in [1.82, 2.24) is 0 Å². The molecule has 0 bridgehead atoms. The molecular formula is C16H14NaO6P. The van der Waals surface area contributed by atoms with Gasteiger partial charge in [-0.25, -0.2) is 0 Å². The van der Waals surface area contributed by atoms with Crippen LogP contribution in [0.5, 0.6) is 17.2 Å². The molecule has 0 radical (unpaired) electrons. The van der Waals surface area contributed by atoms with Crippen LogP contribution in [-0.4, -0.2) is 18.6 Å². The SMILES string of the molecule is COc1ccc(C2=Cc3ccc(OP(=O)([O-])O)cc3OC2)cc1.[Na+]. The van der Waals surface area contributed by atoms with Gasteiger partial charge in [0.25, 0.3) is 0 Å². The van der Waals surface area contributed by atoms with Gasteiger partial charge in [0.2, 0.25) is 0 Å². The van der Waals surface area contributed by atoms with Crippen LogP contribution in [0.15, 0.2) is 42.5 Å². The number of ether oxygens (including phenoxy) is 2. The number of hydrogen-bond acceptors (Lipinski definition) is 5. The minimum atomic E-state index is -4.82. The molecule has 24 heavy (non-hydrogen) atoms. The molecule has 2 aromatic rings. The quantitative estimate of drug-likeness (QED) is 0.586. The molecule has 0 aliphatic carbocycles. The number of methoxy groups -OCH3 is 1. The van der Waals surface area contributed by atoms with Gasteiger partial charge in [-0.1, -0.05) is 12.1 Å². The van der Waals surface area contributed by atoms with Gasteiger partial charge in [0.05, 0.1) is 7.11 Å². The predicted molar refractivity (Wildman–Crippen MR) is 83.3 cm³/mol. The third-order valence-electron chi connectivity index (χ3n) is 3.38. The molecule has 8 heteroatoms. The summed E-state index contributed by atoms with van der Waals surface area (Å²) in [5.41, 5.74) is 2.80. The second-order valence-corrected chi connectivity index (χ2v) is 6.07. The summed E-state index contributed by atoms with van der Waals surface area (Å²) in [6, 6.07) is 12.2. The number of phosphoric acid groups is 1. The van der Waals surface area contributed by atoms with Crippen LogP contribution >= 0.6 is 7.82 Å². The number of benzene rings is 2. The molecule has 1 unspecified atom stereocenters. The molecule has 3 rings (SSSR count). The summed E-state index contributed by atoms with van der Waals surface area (Å²) in [7, 11) is -3.21. The molecule has 1 aliphatic heterocycles. The van der Waals surface area contributed by atoms with Crippen LogP contribution in [-0.2, 0) is 4.57 Å². The van der Waals surface area contributed by atoms with Gasteiger partial charge in [0, 0.05) is 11.6 Å². The maximum Gasteiger partial charge on any atom is 1.00 e. The molecular weight excluding hydrogens is 342 g/mol. The second-order valence-electron chi connectivity index (χ2n) is 4.95. The molecule has 1 heterocycles. The molecule has 120 valence electrons. The van der Waals surface area contributed by atoms with Crippen molar-refractivity contribution < 1.29 is 57.9 Å². The fourth-order valence-electron chi connectivity index (χ4n) is 2.31. The van der Waals surface area contributed by atoms with Crippen molar-refractivity contribution in [2.24, 2.45) is 0 Å². The van der Waals surface area contributed by atoms with Crippen LogP contribution in [0, 0.1) is 0 Å². The van der Waals surface area contributed by atoms with Crippen molar-refractivity contribution in [1.29, 1.82) is 0 Å². The Labute approximate surface area is 161 Å². The standard InChI is InChI=1S/C16H15O6P.Na/c1-20-14-5-2-11(3-6-14)13-8-12-4-7-15(22-23(17,18)19)9-16(12)21-10-13;/h2-9H,10H2,1H3,(H2,17,18,19);/q;+1/p-1. The van der Waals surface area contributed by atoms with Gasteiger partial charge in [0.1, 0.15) is 23.9 Å². The fraction of sp³-hybridized carbons (Fsp3) is 0.125. The molecule has 0 spiro atoms. The largest absolute Gasteiger partial charge is 1.00 e. The minimum absolute atomic E-state index is 0. The van der Waals surface area contributed by atoms with Crippen LogP contribution in [0.25, 0.3) is 11.6 Å². The topological polar surface area (TPSA) is 88.1 Å². The Kier molecular flexibility index (Phi) is 6.15. The molecule has 1 aliphatic rings. The van der Waals surface area contributed by atoms with Gasteiger partial charge in [-0.05, 0) is 41.5 Å². The van der Waals surface area contributed by atoms with E-state index in [1.165, 1.54) is 12.1 Å². The van der Waals surface area contributed by atoms with Crippen LogP contribution in [0.3, 0.4) is 0 Å². The molecule has 0 fully saturated rings. The fourth-order valence-corrected chi connectivity index (χ4v) is 2.69. The summed E-state index contributed by atoms with van der Waals surface area (Å²) in [6.07, 6.45) is 1.96. The van der Waals surface area contributed by atoms with Crippen molar-refractivity contribution in [3.05, 3.63) is 53.6 Å². The van der Waals surface area contributed by atoms with E-state index in [2.05, 4.69) is 4.52 Å². The first-order valence-corrected chi connectivity index (χ1v) is 8.29. The van der Waals surface area contributed by atoms with E-state index in [4.69, 9.17) is 14.4 Å². The van der Waals surface area contributed by atoms with Crippen molar-refractivity contribution in [2.45, 2.75) is 0 Å². The van der Waals surface area contributed by atoms with Gasteiger partial charge < -0.3 is 23.8 Å². The van der Waals surface area contributed by atoms with Gasteiger partial charge in [-0.15, -0.1) is 0 Å². The van der Waals surface area contributed by atoms with E-state index in [1.54, 1.807) is 13.2 Å². The maximum absolute atomic E-state index is 10.8. The molecule has 6 nitrogen and oxygen atoms in total. The van der Waals surface area contributed by atoms with E-state index >= 15 is 0 Å². The van der Waals surface area contributed by atoms with E-state index in [1.807, 2.05) is 30.3 Å². The van der Waals surface area contributed by atoms with E-state index in [0.29, 0.717) is 12.4 Å². The zero-order valence-electron chi connectivity index (χ0n) is 13.3. The zero-order chi connectivity index (χ0) is 16.4. The normalized spacial score (nSPS) is 15.0. The molecule has 1 atom stereocenters. The Morgan fingerprint density at radius 2 is 1.83 bits per heavy atom. The molecule has 0 saturated carbocycles. The molecule has 2 aromatic carbocycles. The molecule has 1 N–H and O–H groups in total.